The van der Waals surface area contributed by atoms with Crippen LogP contribution in [0.2, 0.25) is 0 Å². The van der Waals surface area contributed by atoms with Crippen molar-refractivity contribution in [2.24, 2.45) is 5.92 Å². The summed E-state index contributed by atoms with van der Waals surface area (Å²) in [5.41, 5.74) is 2.74. The average molecular weight is 268 g/mol. The molecule has 0 heterocycles. The molecule has 1 fully saturated rings. The van der Waals surface area contributed by atoms with E-state index in [1.165, 1.54) is 34.9 Å². The highest BCUT2D eigenvalue weighted by molar-refractivity contribution is 9.10. The Bertz CT molecular complexity index is 324. The molecule has 1 aliphatic rings. The molecule has 0 aromatic heterocycles. The summed E-state index contributed by atoms with van der Waals surface area (Å²) in [7, 11) is 2.06. The van der Waals surface area contributed by atoms with Gasteiger partial charge >= 0.3 is 0 Å². The minimum absolute atomic E-state index is 0.522. The lowest BCUT2D eigenvalue weighted by Gasteiger charge is -2.17. The summed E-state index contributed by atoms with van der Waals surface area (Å²) < 4.78 is 1.19. The minimum atomic E-state index is 0.522. The van der Waals surface area contributed by atoms with E-state index in [4.69, 9.17) is 0 Å². The highest BCUT2D eigenvalue weighted by atomic mass is 79.9. The van der Waals surface area contributed by atoms with Crippen molar-refractivity contribution in [3.63, 3.8) is 0 Å². The van der Waals surface area contributed by atoms with Crippen LogP contribution in [0.25, 0.3) is 0 Å². The number of hydrogen-bond donors (Lipinski definition) is 1. The van der Waals surface area contributed by atoms with Crippen molar-refractivity contribution in [1.29, 1.82) is 0 Å². The van der Waals surface area contributed by atoms with Crippen molar-refractivity contribution in [1.82, 2.24) is 5.32 Å². The molecule has 1 aliphatic carbocycles. The summed E-state index contributed by atoms with van der Waals surface area (Å²) >= 11 is 3.56. The fourth-order valence-electron chi connectivity index (χ4n) is 2.07. The van der Waals surface area contributed by atoms with E-state index in [1.54, 1.807) is 0 Å². The monoisotopic (exact) mass is 267 g/mol. The van der Waals surface area contributed by atoms with Crippen LogP contribution in [-0.4, -0.2) is 7.05 Å². The first-order valence-corrected chi connectivity index (χ1v) is 6.42. The Hall–Kier alpha value is -0.340. The Labute approximate surface area is 100 Å². The van der Waals surface area contributed by atoms with Crippen LogP contribution in [-0.2, 0) is 0 Å². The summed E-state index contributed by atoms with van der Waals surface area (Å²) in [4.78, 5) is 0. The van der Waals surface area contributed by atoms with E-state index >= 15 is 0 Å². The van der Waals surface area contributed by atoms with Gasteiger partial charge < -0.3 is 5.32 Å². The summed E-state index contributed by atoms with van der Waals surface area (Å²) in [5, 5.41) is 3.42. The third-order valence-electron chi connectivity index (χ3n) is 3.08. The summed E-state index contributed by atoms with van der Waals surface area (Å²) in [5.74, 6) is 0.960. The number of hydrogen-bond acceptors (Lipinski definition) is 1. The highest BCUT2D eigenvalue weighted by Crippen LogP contribution is 2.38. The number of halogens is 1. The van der Waals surface area contributed by atoms with E-state index in [0.717, 1.165) is 5.92 Å². The van der Waals surface area contributed by atoms with E-state index in [9.17, 15) is 0 Å². The quantitative estimate of drug-likeness (QED) is 0.875. The third-order valence-corrected chi connectivity index (χ3v) is 3.54. The predicted octanol–water partition coefficient (Wildman–Crippen LogP) is 3.82. The van der Waals surface area contributed by atoms with Crippen LogP contribution in [0.15, 0.2) is 22.7 Å². The van der Waals surface area contributed by atoms with E-state index in [1.807, 2.05) is 0 Å². The van der Waals surface area contributed by atoms with Crippen molar-refractivity contribution in [2.45, 2.75) is 32.2 Å². The summed E-state index contributed by atoms with van der Waals surface area (Å²) in [6, 6.07) is 7.20. The van der Waals surface area contributed by atoms with Gasteiger partial charge in [0.25, 0.3) is 0 Å². The first-order valence-electron chi connectivity index (χ1n) is 5.63. The Morgan fingerprint density at radius 1 is 1.40 bits per heavy atom. The van der Waals surface area contributed by atoms with Gasteiger partial charge in [-0.05, 0) is 49.6 Å². The second-order valence-corrected chi connectivity index (χ2v) is 5.50. The molecule has 1 saturated carbocycles. The largest absolute Gasteiger partial charge is 0.313 e. The van der Waals surface area contributed by atoms with Crippen molar-refractivity contribution in [2.75, 3.05) is 7.05 Å². The lowest BCUT2D eigenvalue weighted by Crippen LogP contribution is -2.17. The predicted molar refractivity (Wildman–Crippen MR) is 68.0 cm³/mol. The molecule has 1 unspecified atom stereocenters. The van der Waals surface area contributed by atoms with Gasteiger partial charge in [0.1, 0.15) is 0 Å². The van der Waals surface area contributed by atoms with Gasteiger partial charge in [-0.2, -0.15) is 0 Å². The lowest BCUT2D eigenvalue weighted by atomic mass is 10.00. The molecule has 0 aliphatic heterocycles. The molecule has 0 saturated heterocycles. The lowest BCUT2D eigenvalue weighted by molar-refractivity contribution is 0.514. The first kappa shape index (κ1) is 11.2. The summed E-state index contributed by atoms with van der Waals surface area (Å²) in [6.07, 6.45) is 4.13. The zero-order valence-electron chi connectivity index (χ0n) is 9.39. The van der Waals surface area contributed by atoms with Crippen LogP contribution in [0.5, 0.6) is 0 Å². The van der Waals surface area contributed by atoms with Crippen molar-refractivity contribution in [3.05, 3.63) is 33.8 Å². The molecule has 1 aromatic carbocycles. The second kappa shape index (κ2) is 4.67. The van der Waals surface area contributed by atoms with Crippen LogP contribution in [0.1, 0.15) is 36.4 Å². The van der Waals surface area contributed by atoms with Crippen LogP contribution in [0.4, 0.5) is 0 Å². The van der Waals surface area contributed by atoms with Gasteiger partial charge in [-0.15, -0.1) is 0 Å². The average Bonchev–Trinajstić information content (AvgIpc) is 2.96. The van der Waals surface area contributed by atoms with Gasteiger partial charge in [0.15, 0.2) is 0 Å². The van der Waals surface area contributed by atoms with Crippen LogP contribution >= 0.6 is 15.9 Å². The van der Waals surface area contributed by atoms with Crippen molar-refractivity contribution >= 4 is 15.9 Å². The van der Waals surface area contributed by atoms with Gasteiger partial charge in [-0.25, -0.2) is 0 Å². The van der Waals surface area contributed by atoms with Crippen molar-refractivity contribution in [3.8, 4) is 0 Å². The molecule has 1 nitrogen and oxygen atoms in total. The van der Waals surface area contributed by atoms with Gasteiger partial charge in [0, 0.05) is 10.5 Å². The van der Waals surface area contributed by atoms with Gasteiger partial charge in [0.2, 0.25) is 0 Å². The second-order valence-electron chi connectivity index (χ2n) is 4.58. The molecule has 82 valence electrons. The van der Waals surface area contributed by atoms with E-state index in [2.05, 4.69) is 53.4 Å². The normalized spacial score (nSPS) is 17.8. The Morgan fingerprint density at radius 2 is 2.13 bits per heavy atom. The van der Waals surface area contributed by atoms with Gasteiger partial charge in [-0.3, -0.25) is 0 Å². The SMILES string of the molecule is CNC(CC1CC1)c1cc(C)cc(Br)c1. The molecule has 2 rings (SSSR count). The fraction of sp³-hybridized carbons (Fsp3) is 0.538. The zero-order valence-corrected chi connectivity index (χ0v) is 11.0. The smallest absolute Gasteiger partial charge is 0.0320 e. The van der Waals surface area contributed by atoms with Crippen molar-refractivity contribution < 1.29 is 0 Å². The zero-order chi connectivity index (χ0) is 10.8. The molecule has 0 radical (unpaired) electrons. The maximum absolute atomic E-state index is 3.56. The van der Waals surface area contributed by atoms with Crippen LogP contribution < -0.4 is 5.32 Å². The maximum Gasteiger partial charge on any atom is 0.0320 e. The van der Waals surface area contributed by atoms with Crippen LogP contribution in [0.3, 0.4) is 0 Å². The van der Waals surface area contributed by atoms with E-state index < -0.39 is 0 Å². The molecule has 2 heteroatoms. The molecule has 1 atom stereocenters. The molecule has 0 amide bonds. The topological polar surface area (TPSA) is 12.0 Å². The molecular formula is C13H18BrN. The number of nitrogens with one attached hydrogen (secondary N) is 1. The molecule has 0 spiro atoms. The number of rotatable bonds is 4. The minimum Gasteiger partial charge on any atom is -0.313 e. The van der Waals surface area contributed by atoms with E-state index in [-0.39, 0.29) is 0 Å². The Kier molecular flexibility index (Phi) is 3.47. The van der Waals surface area contributed by atoms with Gasteiger partial charge in [0.05, 0.1) is 0 Å². The highest BCUT2D eigenvalue weighted by Gasteiger charge is 2.25. The maximum atomic E-state index is 3.56. The molecular weight excluding hydrogens is 250 g/mol. The third kappa shape index (κ3) is 3.05. The standard InChI is InChI=1S/C13H18BrN/c1-9-5-11(8-12(14)6-9)13(15-2)7-10-3-4-10/h5-6,8,10,13,15H,3-4,7H2,1-2H3. The number of aryl methyl sites for hydroxylation is 1. The molecule has 15 heavy (non-hydrogen) atoms. The fourth-order valence-corrected chi connectivity index (χ4v) is 2.70. The molecule has 1 N–H and O–H groups in total. The molecule has 0 bridgehead atoms. The summed E-state index contributed by atoms with van der Waals surface area (Å²) in [6.45, 7) is 2.15. The van der Waals surface area contributed by atoms with Gasteiger partial charge in [-0.1, -0.05) is 34.8 Å². The molecule has 1 aromatic rings. The Balaban J connectivity index is 2.16. The van der Waals surface area contributed by atoms with Crippen LogP contribution in [0, 0.1) is 12.8 Å². The number of benzene rings is 1. The Morgan fingerprint density at radius 3 is 2.67 bits per heavy atom. The van der Waals surface area contributed by atoms with E-state index in [0.29, 0.717) is 6.04 Å². The first-order chi connectivity index (χ1) is 7.19.